The summed E-state index contributed by atoms with van der Waals surface area (Å²) in [6, 6.07) is 0. The molecule has 0 unspecified atom stereocenters. The minimum atomic E-state index is 0.723. The Labute approximate surface area is 114 Å². The van der Waals surface area contributed by atoms with Crippen molar-refractivity contribution in [3.8, 4) is 0 Å². The molecule has 2 rings (SSSR count). The SMILES string of the molecule is CCCN1CCC(Cc2nc(CSC)no2)CC1. The first kappa shape index (κ1) is 13.9. The van der Waals surface area contributed by atoms with Gasteiger partial charge in [0.25, 0.3) is 0 Å². The van der Waals surface area contributed by atoms with Crippen LogP contribution in [-0.2, 0) is 12.2 Å². The van der Waals surface area contributed by atoms with Crippen molar-refractivity contribution in [3.63, 3.8) is 0 Å². The van der Waals surface area contributed by atoms with Crippen LogP contribution in [0.25, 0.3) is 0 Å². The molecule has 1 aliphatic heterocycles. The van der Waals surface area contributed by atoms with Crippen LogP contribution in [0.4, 0.5) is 0 Å². The van der Waals surface area contributed by atoms with E-state index in [1.807, 2.05) is 0 Å². The van der Waals surface area contributed by atoms with Gasteiger partial charge < -0.3 is 9.42 Å². The number of thioether (sulfide) groups is 1. The van der Waals surface area contributed by atoms with Crippen molar-refractivity contribution in [1.29, 1.82) is 0 Å². The molecule has 0 bridgehead atoms. The highest BCUT2D eigenvalue weighted by Gasteiger charge is 2.21. The summed E-state index contributed by atoms with van der Waals surface area (Å²) in [5.74, 6) is 3.23. The first-order valence-corrected chi connectivity index (χ1v) is 8.24. The average Bonchev–Trinajstić information content (AvgIpc) is 2.80. The summed E-state index contributed by atoms with van der Waals surface area (Å²) < 4.78 is 5.31. The summed E-state index contributed by atoms with van der Waals surface area (Å²) in [6.07, 6.45) is 6.80. The first-order valence-electron chi connectivity index (χ1n) is 6.84. The van der Waals surface area contributed by atoms with E-state index in [2.05, 4.69) is 28.2 Å². The Balaban J connectivity index is 1.76. The van der Waals surface area contributed by atoms with Gasteiger partial charge in [0.05, 0.1) is 5.75 Å². The molecule has 1 aliphatic rings. The lowest BCUT2D eigenvalue weighted by atomic mass is 9.93. The molecule has 1 aromatic heterocycles. The van der Waals surface area contributed by atoms with E-state index in [1.165, 1.54) is 38.9 Å². The van der Waals surface area contributed by atoms with Gasteiger partial charge in [0, 0.05) is 6.42 Å². The fourth-order valence-electron chi connectivity index (χ4n) is 2.54. The summed E-state index contributed by atoms with van der Waals surface area (Å²) in [5, 5.41) is 4.00. The van der Waals surface area contributed by atoms with E-state index < -0.39 is 0 Å². The third kappa shape index (κ3) is 3.99. The largest absolute Gasteiger partial charge is 0.339 e. The van der Waals surface area contributed by atoms with E-state index in [9.17, 15) is 0 Å². The van der Waals surface area contributed by atoms with E-state index >= 15 is 0 Å². The number of hydrogen-bond donors (Lipinski definition) is 0. The average molecular weight is 269 g/mol. The standard InChI is InChI=1S/C13H23N3OS/c1-3-6-16-7-4-11(5-8-16)9-13-14-12(10-18-2)15-17-13/h11H,3-10H2,1-2H3. The van der Waals surface area contributed by atoms with Gasteiger partial charge in [-0.15, -0.1) is 0 Å². The molecule has 1 fully saturated rings. The smallest absolute Gasteiger partial charge is 0.226 e. The Morgan fingerprint density at radius 2 is 2.17 bits per heavy atom. The molecule has 0 radical (unpaired) electrons. The third-order valence-corrected chi connectivity index (χ3v) is 4.04. The minimum absolute atomic E-state index is 0.723. The van der Waals surface area contributed by atoms with E-state index in [1.54, 1.807) is 11.8 Å². The van der Waals surface area contributed by atoms with Gasteiger partial charge in [-0.05, 0) is 51.1 Å². The number of nitrogens with zero attached hydrogens (tertiary/aromatic N) is 3. The Hall–Kier alpha value is -0.550. The number of rotatable bonds is 6. The minimum Gasteiger partial charge on any atom is -0.339 e. The van der Waals surface area contributed by atoms with Gasteiger partial charge in [-0.1, -0.05) is 12.1 Å². The van der Waals surface area contributed by atoms with Crippen LogP contribution >= 0.6 is 11.8 Å². The molecule has 5 heteroatoms. The van der Waals surface area contributed by atoms with Gasteiger partial charge in [-0.3, -0.25) is 0 Å². The quantitative estimate of drug-likeness (QED) is 0.794. The monoisotopic (exact) mass is 269 g/mol. The zero-order valence-corrected chi connectivity index (χ0v) is 12.2. The molecule has 1 aromatic rings. The predicted molar refractivity (Wildman–Crippen MR) is 74.7 cm³/mol. The molecule has 0 spiro atoms. The second-order valence-electron chi connectivity index (χ2n) is 5.03. The van der Waals surface area contributed by atoms with Crippen molar-refractivity contribution in [3.05, 3.63) is 11.7 Å². The number of hydrogen-bond acceptors (Lipinski definition) is 5. The van der Waals surface area contributed by atoms with Gasteiger partial charge in [0.1, 0.15) is 0 Å². The number of aromatic nitrogens is 2. The van der Waals surface area contributed by atoms with Crippen molar-refractivity contribution in [2.24, 2.45) is 5.92 Å². The molecule has 1 saturated heterocycles. The number of likely N-dealkylation sites (tertiary alicyclic amines) is 1. The maximum atomic E-state index is 5.31. The van der Waals surface area contributed by atoms with Gasteiger partial charge in [-0.25, -0.2) is 0 Å². The van der Waals surface area contributed by atoms with E-state index in [0.29, 0.717) is 0 Å². The zero-order valence-electron chi connectivity index (χ0n) is 11.4. The highest BCUT2D eigenvalue weighted by molar-refractivity contribution is 7.97. The van der Waals surface area contributed by atoms with Crippen LogP contribution in [0.3, 0.4) is 0 Å². The molecule has 0 saturated carbocycles. The van der Waals surface area contributed by atoms with Crippen molar-refractivity contribution in [2.75, 3.05) is 25.9 Å². The van der Waals surface area contributed by atoms with E-state index in [-0.39, 0.29) is 0 Å². The Morgan fingerprint density at radius 1 is 1.39 bits per heavy atom. The molecule has 0 atom stereocenters. The lowest BCUT2D eigenvalue weighted by Crippen LogP contribution is -2.34. The lowest BCUT2D eigenvalue weighted by Gasteiger charge is -2.30. The Kier molecular flexibility index (Phi) is 5.50. The zero-order chi connectivity index (χ0) is 12.8. The lowest BCUT2D eigenvalue weighted by molar-refractivity contribution is 0.177. The van der Waals surface area contributed by atoms with Crippen LogP contribution < -0.4 is 0 Å². The Bertz CT molecular complexity index is 348. The summed E-state index contributed by atoms with van der Waals surface area (Å²) in [6.45, 7) is 5.94. The molecule has 0 aromatic carbocycles. The van der Waals surface area contributed by atoms with Gasteiger partial charge in [-0.2, -0.15) is 16.7 Å². The second kappa shape index (κ2) is 7.14. The maximum absolute atomic E-state index is 5.31. The molecular weight excluding hydrogens is 246 g/mol. The molecular formula is C13H23N3OS. The van der Waals surface area contributed by atoms with Crippen LogP contribution in [0.15, 0.2) is 4.52 Å². The fourth-order valence-corrected chi connectivity index (χ4v) is 2.91. The summed E-state index contributed by atoms with van der Waals surface area (Å²) in [4.78, 5) is 7.00. The molecule has 102 valence electrons. The third-order valence-electron chi connectivity index (χ3n) is 3.49. The summed E-state index contributed by atoms with van der Waals surface area (Å²) >= 11 is 1.73. The van der Waals surface area contributed by atoms with Crippen LogP contribution in [-0.4, -0.2) is 40.9 Å². The molecule has 0 aliphatic carbocycles. The second-order valence-corrected chi connectivity index (χ2v) is 5.89. The van der Waals surface area contributed by atoms with E-state index in [4.69, 9.17) is 4.52 Å². The molecule has 4 nitrogen and oxygen atoms in total. The highest BCUT2D eigenvalue weighted by Crippen LogP contribution is 2.21. The predicted octanol–water partition coefficient (Wildman–Crippen LogP) is 2.60. The summed E-state index contributed by atoms with van der Waals surface area (Å²) in [5.41, 5.74) is 0. The number of piperidine rings is 1. The first-order chi connectivity index (χ1) is 8.81. The fraction of sp³-hybridized carbons (Fsp3) is 0.846. The van der Waals surface area contributed by atoms with Crippen molar-refractivity contribution in [2.45, 2.75) is 38.4 Å². The summed E-state index contributed by atoms with van der Waals surface area (Å²) in [7, 11) is 0. The molecule has 0 amide bonds. The maximum Gasteiger partial charge on any atom is 0.226 e. The van der Waals surface area contributed by atoms with Crippen LogP contribution in [0.2, 0.25) is 0 Å². The van der Waals surface area contributed by atoms with Gasteiger partial charge in [0.2, 0.25) is 5.89 Å². The Morgan fingerprint density at radius 3 is 2.83 bits per heavy atom. The van der Waals surface area contributed by atoms with Gasteiger partial charge >= 0.3 is 0 Å². The highest BCUT2D eigenvalue weighted by atomic mass is 32.2. The van der Waals surface area contributed by atoms with Gasteiger partial charge in [0.15, 0.2) is 5.82 Å². The van der Waals surface area contributed by atoms with Crippen molar-refractivity contribution >= 4 is 11.8 Å². The van der Waals surface area contributed by atoms with Crippen molar-refractivity contribution in [1.82, 2.24) is 15.0 Å². The molecule has 18 heavy (non-hydrogen) atoms. The van der Waals surface area contributed by atoms with Crippen LogP contribution in [0, 0.1) is 5.92 Å². The van der Waals surface area contributed by atoms with Crippen LogP contribution in [0.1, 0.15) is 37.9 Å². The van der Waals surface area contributed by atoms with Crippen molar-refractivity contribution < 1.29 is 4.52 Å². The molecule has 2 heterocycles. The van der Waals surface area contributed by atoms with E-state index in [0.717, 1.165) is 29.8 Å². The topological polar surface area (TPSA) is 42.2 Å². The molecule has 0 N–H and O–H groups in total. The normalized spacial score (nSPS) is 18.3. The van der Waals surface area contributed by atoms with Crippen LogP contribution in [0.5, 0.6) is 0 Å².